The van der Waals surface area contributed by atoms with Gasteiger partial charge in [0.05, 0.1) is 6.54 Å². The summed E-state index contributed by atoms with van der Waals surface area (Å²) in [6, 6.07) is 3.07. The molecule has 2 rings (SSSR count). The van der Waals surface area contributed by atoms with Gasteiger partial charge >= 0.3 is 0 Å². The first-order valence-corrected chi connectivity index (χ1v) is 6.44. The molecule has 0 unspecified atom stereocenters. The van der Waals surface area contributed by atoms with Crippen LogP contribution >= 0.6 is 15.9 Å². The van der Waals surface area contributed by atoms with Crippen molar-refractivity contribution in [3.05, 3.63) is 51.4 Å². The van der Waals surface area contributed by atoms with Crippen molar-refractivity contribution in [2.75, 3.05) is 7.05 Å². The number of nitrogens with zero attached hydrogens (tertiary/aromatic N) is 3. The SMILES string of the molecule is CN(Cc1ncc[nH]1)C(=O)Cn1cc(Br)ccc1=O. The highest BCUT2D eigenvalue weighted by molar-refractivity contribution is 9.10. The second kappa shape index (κ2) is 5.83. The maximum Gasteiger partial charge on any atom is 0.251 e. The lowest BCUT2D eigenvalue weighted by molar-refractivity contribution is -0.131. The normalized spacial score (nSPS) is 10.4. The number of aromatic amines is 1. The Morgan fingerprint density at radius 1 is 1.53 bits per heavy atom. The quantitative estimate of drug-likeness (QED) is 0.911. The zero-order chi connectivity index (χ0) is 13.8. The van der Waals surface area contributed by atoms with Crippen molar-refractivity contribution >= 4 is 21.8 Å². The molecule has 6 nitrogen and oxygen atoms in total. The minimum absolute atomic E-state index is 0.00941. The van der Waals surface area contributed by atoms with Crippen LogP contribution in [0.4, 0.5) is 0 Å². The minimum Gasteiger partial charge on any atom is -0.347 e. The van der Waals surface area contributed by atoms with Crippen LogP contribution in [0, 0.1) is 0 Å². The van der Waals surface area contributed by atoms with Gasteiger partial charge in [-0.15, -0.1) is 0 Å². The molecule has 1 amide bonds. The van der Waals surface area contributed by atoms with Crippen LogP contribution in [0.2, 0.25) is 0 Å². The zero-order valence-corrected chi connectivity index (χ0v) is 11.9. The van der Waals surface area contributed by atoms with Gasteiger partial charge in [-0.25, -0.2) is 4.98 Å². The van der Waals surface area contributed by atoms with E-state index in [0.29, 0.717) is 12.4 Å². The molecule has 0 atom stereocenters. The fourth-order valence-corrected chi connectivity index (χ4v) is 1.97. The fourth-order valence-electron chi connectivity index (χ4n) is 1.59. The van der Waals surface area contributed by atoms with Gasteiger partial charge in [0, 0.05) is 36.2 Å². The van der Waals surface area contributed by atoms with Crippen LogP contribution < -0.4 is 5.56 Å². The lowest BCUT2D eigenvalue weighted by atomic mass is 10.4. The summed E-state index contributed by atoms with van der Waals surface area (Å²) < 4.78 is 2.12. The van der Waals surface area contributed by atoms with Gasteiger partial charge in [-0.05, 0) is 22.0 Å². The Kier molecular flexibility index (Phi) is 4.16. The van der Waals surface area contributed by atoms with Crippen LogP contribution in [-0.2, 0) is 17.9 Å². The molecule has 0 aliphatic heterocycles. The summed E-state index contributed by atoms with van der Waals surface area (Å²) >= 11 is 3.27. The first kappa shape index (κ1) is 13.5. The Morgan fingerprint density at radius 3 is 3.00 bits per heavy atom. The smallest absolute Gasteiger partial charge is 0.251 e. The second-order valence-corrected chi connectivity index (χ2v) is 5.01. The molecule has 1 N–H and O–H groups in total. The third-order valence-corrected chi connectivity index (χ3v) is 3.09. The van der Waals surface area contributed by atoms with E-state index in [4.69, 9.17) is 0 Å². The van der Waals surface area contributed by atoms with E-state index < -0.39 is 0 Å². The summed E-state index contributed by atoms with van der Waals surface area (Å²) in [5.74, 6) is 0.550. The van der Waals surface area contributed by atoms with Crippen molar-refractivity contribution in [3.8, 4) is 0 Å². The molecule has 2 aromatic rings. The molecule has 0 aromatic carbocycles. The standard InChI is InChI=1S/C12H13BrN4O2/c1-16(7-10-14-4-5-15-10)12(19)8-17-6-9(13)2-3-11(17)18/h2-6H,7-8H2,1H3,(H,14,15). The number of H-pyrrole nitrogens is 1. The molecule has 0 aliphatic carbocycles. The molecule has 2 aromatic heterocycles. The average molecular weight is 325 g/mol. The Hall–Kier alpha value is -1.89. The Morgan fingerprint density at radius 2 is 2.32 bits per heavy atom. The highest BCUT2D eigenvalue weighted by atomic mass is 79.9. The van der Waals surface area contributed by atoms with Gasteiger partial charge in [-0.3, -0.25) is 9.59 Å². The number of hydrogen-bond donors (Lipinski definition) is 1. The van der Waals surface area contributed by atoms with Crippen LogP contribution in [0.15, 0.2) is 40.0 Å². The highest BCUT2D eigenvalue weighted by Gasteiger charge is 2.11. The fraction of sp³-hybridized carbons (Fsp3) is 0.250. The van der Waals surface area contributed by atoms with Gasteiger partial charge in [0.2, 0.25) is 5.91 Å². The second-order valence-electron chi connectivity index (χ2n) is 4.10. The number of pyridine rings is 1. The van der Waals surface area contributed by atoms with Gasteiger partial charge in [-0.2, -0.15) is 0 Å². The number of likely N-dealkylation sites (N-methyl/N-ethyl adjacent to an activating group) is 1. The molecule has 0 saturated carbocycles. The molecule has 0 radical (unpaired) electrons. The van der Waals surface area contributed by atoms with E-state index in [9.17, 15) is 9.59 Å². The van der Waals surface area contributed by atoms with E-state index in [1.807, 2.05) is 0 Å². The number of rotatable bonds is 4. The van der Waals surface area contributed by atoms with Gasteiger partial charge in [-0.1, -0.05) is 0 Å². The predicted molar refractivity (Wildman–Crippen MR) is 73.5 cm³/mol. The van der Waals surface area contributed by atoms with Crippen LogP contribution in [0.3, 0.4) is 0 Å². The molecule has 0 aliphatic rings. The van der Waals surface area contributed by atoms with E-state index in [2.05, 4.69) is 25.9 Å². The average Bonchev–Trinajstić information content (AvgIpc) is 2.86. The predicted octanol–water partition coefficient (Wildman–Crippen LogP) is 0.992. The van der Waals surface area contributed by atoms with E-state index in [1.165, 1.54) is 15.5 Å². The number of aromatic nitrogens is 3. The van der Waals surface area contributed by atoms with E-state index in [1.54, 1.807) is 31.7 Å². The largest absolute Gasteiger partial charge is 0.347 e. The number of carbonyl (C=O) groups is 1. The van der Waals surface area contributed by atoms with Crippen LogP contribution in [0.1, 0.15) is 5.82 Å². The summed E-state index contributed by atoms with van der Waals surface area (Å²) in [6.45, 7) is 0.393. The van der Waals surface area contributed by atoms with Crippen molar-refractivity contribution in [1.29, 1.82) is 0 Å². The lowest BCUT2D eigenvalue weighted by Gasteiger charge is -2.16. The maximum absolute atomic E-state index is 12.0. The van der Waals surface area contributed by atoms with Crippen LogP contribution in [0.5, 0.6) is 0 Å². The molecule has 19 heavy (non-hydrogen) atoms. The van der Waals surface area contributed by atoms with E-state index in [0.717, 1.165) is 4.47 Å². The molecular formula is C12H13BrN4O2. The Labute approximate surface area is 118 Å². The topological polar surface area (TPSA) is 71.0 Å². The number of carbonyl (C=O) groups excluding carboxylic acids is 1. The van der Waals surface area contributed by atoms with Crippen molar-refractivity contribution in [3.63, 3.8) is 0 Å². The Bertz CT molecular complexity index is 621. The first-order chi connectivity index (χ1) is 9.06. The summed E-state index contributed by atoms with van der Waals surface area (Å²) in [5, 5.41) is 0. The van der Waals surface area contributed by atoms with Crippen molar-refractivity contribution in [1.82, 2.24) is 19.4 Å². The van der Waals surface area contributed by atoms with Crippen LogP contribution in [-0.4, -0.2) is 32.4 Å². The summed E-state index contributed by atoms with van der Waals surface area (Å²) in [5.41, 5.74) is -0.206. The third kappa shape index (κ3) is 3.54. The van der Waals surface area contributed by atoms with Crippen molar-refractivity contribution in [2.45, 2.75) is 13.1 Å². The first-order valence-electron chi connectivity index (χ1n) is 5.64. The molecule has 0 fully saturated rings. The van der Waals surface area contributed by atoms with Gasteiger partial charge in [0.15, 0.2) is 0 Å². The van der Waals surface area contributed by atoms with Gasteiger partial charge < -0.3 is 14.5 Å². The third-order valence-electron chi connectivity index (χ3n) is 2.62. The number of halogens is 1. The number of nitrogens with one attached hydrogen (secondary N) is 1. The highest BCUT2D eigenvalue weighted by Crippen LogP contribution is 2.05. The molecular weight excluding hydrogens is 312 g/mol. The monoisotopic (exact) mass is 324 g/mol. The maximum atomic E-state index is 12.0. The Balaban J connectivity index is 2.04. The summed E-state index contributed by atoms with van der Waals surface area (Å²) in [4.78, 5) is 32.1. The number of amides is 1. The summed E-state index contributed by atoms with van der Waals surface area (Å²) in [6.07, 6.45) is 4.93. The lowest BCUT2D eigenvalue weighted by Crippen LogP contribution is -2.33. The number of hydrogen-bond acceptors (Lipinski definition) is 3. The van der Waals surface area contributed by atoms with E-state index in [-0.39, 0.29) is 18.0 Å². The van der Waals surface area contributed by atoms with Gasteiger partial charge in [0.1, 0.15) is 12.4 Å². The summed E-state index contributed by atoms with van der Waals surface area (Å²) in [7, 11) is 1.67. The number of imidazole rings is 1. The molecule has 0 saturated heterocycles. The van der Waals surface area contributed by atoms with Crippen LogP contribution in [0.25, 0.3) is 0 Å². The van der Waals surface area contributed by atoms with Crippen molar-refractivity contribution in [2.24, 2.45) is 0 Å². The minimum atomic E-state index is -0.206. The van der Waals surface area contributed by atoms with E-state index >= 15 is 0 Å². The molecule has 7 heteroatoms. The zero-order valence-electron chi connectivity index (χ0n) is 10.3. The molecule has 100 valence electrons. The molecule has 0 bridgehead atoms. The molecule has 2 heterocycles. The van der Waals surface area contributed by atoms with Gasteiger partial charge in [0.25, 0.3) is 5.56 Å². The van der Waals surface area contributed by atoms with Crippen molar-refractivity contribution < 1.29 is 4.79 Å². The molecule has 0 spiro atoms.